The fourth-order valence-electron chi connectivity index (χ4n) is 0.945. The minimum Gasteiger partial charge on any atom is -0.316 e. The number of thioether (sulfide) groups is 1. The Morgan fingerprint density at radius 2 is 1.86 bits per heavy atom. The first-order valence-corrected chi connectivity index (χ1v) is 5.64. The van der Waals surface area contributed by atoms with Crippen LogP contribution < -0.4 is 5.32 Å². The highest BCUT2D eigenvalue weighted by atomic mass is 32.2. The summed E-state index contributed by atoms with van der Waals surface area (Å²) in [6.45, 7) is 6.33. The van der Waals surface area contributed by atoms with Crippen LogP contribution in [0.1, 0.15) is 19.4 Å². The van der Waals surface area contributed by atoms with Gasteiger partial charge in [0.05, 0.1) is 0 Å². The van der Waals surface area contributed by atoms with Gasteiger partial charge in [0.15, 0.2) is 5.16 Å². The molecule has 1 heterocycles. The van der Waals surface area contributed by atoms with E-state index in [4.69, 9.17) is 0 Å². The van der Waals surface area contributed by atoms with Crippen molar-refractivity contribution in [2.45, 2.75) is 37.2 Å². The number of nitrogens with one attached hydrogen (secondary N) is 1. The molecule has 0 amide bonds. The van der Waals surface area contributed by atoms with Gasteiger partial charge in [-0.2, -0.15) is 0 Å². The minimum atomic E-state index is 0.463. The Hall–Kier alpha value is -0.610. The van der Waals surface area contributed by atoms with Crippen molar-refractivity contribution >= 4 is 11.8 Å². The normalized spacial score (nSPS) is 15.1. The third kappa shape index (κ3) is 3.27. The molecule has 0 saturated heterocycles. The van der Waals surface area contributed by atoms with Crippen LogP contribution in [0.25, 0.3) is 0 Å². The van der Waals surface area contributed by atoms with Gasteiger partial charge in [-0.25, -0.2) is 9.97 Å². The summed E-state index contributed by atoms with van der Waals surface area (Å²) in [7, 11) is 1.97. The molecule has 1 N–H and O–H groups in total. The molecule has 0 spiro atoms. The van der Waals surface area contributed by atoms with Gasteiger partial charge in [-0.3, -0.25) is 0 Å². The van der Waals surface area contributed by atoms with Crippen LogP contribution in [0.15, 0.2) is 17.6 Å². The molecule has 0 aliphatic heterocycles. The van der Waals surface area contributed by atoms with Gasteiger partial charge >= 0.3 is 0 Å². The zero-order chi connectivity index (χ0) is 10.6. The first-order chi connectivity index (χ1) is 6.63. The van der Waals surface area contributed by atoms with Crippen molar-refractivity contribution in [1.82, 2.24) is 15.3 Å². The summed E-state index contributed by atoms with van der Waals surface area (Å²) in [5.74, 6) is 0. The molecule has 0 radical (unpaired) electrons. The lowest BCUT2D eigenvalue weighted by atomic mass is 10.3. The summed E-state index contributed by atoms with van der Waals surface area (Å²) >= 11 is 1.70. The first kappa shape index (κ1) is 11.5. The average molecular weight is 211 g/mol. The SMILES string of the molecule is CNC(C)C(C)Sc1ncc(C)cn1. The Bertz CT molecular complexity index is 273. The highest BCUT2D eigenvalue weighted by Crippen LogP contribution is 2.20. The molecule has 78 valence electrons. The number of aromatic nitrogens is 2. The average Bonchev–Trinajstić information content (AvgIpc) is 2.20. The maximum Gasteiger partial charge on any atom is 0.187 e. The second-order valence-corrected chi connectivity index (χ2v) is 4.79. The molecule has 14 heavy (non-hydrogen) atoms. The van der Waals surface area contributed by atoms with Gasteiger partial charge in [0.2, 0.25) is 0 Å². The van der Waals surface area contributed by atoms with Crippen molar-refractivity contribution < 1.29 is 0 Å². The van der Waals surface area contributed by atoms with Crippen LogP contribution in [-0.2, 0) is 0 Å². The molecule has 0 bridgehead atoms. The molecular weight excluding hydrogens is 194 g/mol. The van der Waals surface area contributed by atoms with Crippen LogP contribution in [-0.4, -0.2) is 28.3 Å². The predicted molar refractivity (Wildman–Crippen MR) is 60.6 cm³/mol. The maximum atomic E-state index is 4.26. The van der Waals surface area contributed by atoms with Crippen LogP contribution in [0.2, 0.25) is 0 Å². The first-order valence-electron chi connectivity index (χ1n) is 4.76. The number of hydrogen-bond acceptors (Lipinski definition) is 4. The van der Waals surface area contributed by atoms with E-state index in [0.717, 1.165) is 10.7 Å². The number of aryl methyl sites for hydroxylation is 1. The summed E-state index contributed by atoms with van der Waals surface area (Å²) in [5.41, 5.74) is 1.10. The van der Waals surface area contributed by atoms with E-state index >= 15 is 0 Å². The van der Waals surface area contributed by atoms with Gasteiger partial charge in [-0.05, 0) is 26.5 Å². The van der Waals surface area contributed by atoms with Gasteiger partial charge in [-0.15, -0.1) is 0 Å². The molecule has 0 aliphatic carbocycles. The maximum absolute atomic E-state index is 4.26. The Labute approximate surface area is 89.7 Å². The van der Waals surface area contributed by atoms with Crippen molar-refractivity contribution in [1.29, 1.82) is 0 Å². The van der Waals surface area contributed by atoms with Crippen LogP contribution in [0.4, 0.5) is 0 Å². The molecule has 1 aromatic heterocycles. The molecule has 4 heteroatoms. The fourth-order valence-corrected chi connectivity index (χ4v) is 1.84. The van der Waals surface area contributed by atoms with E-state index in [9.17, 15) is 0 Å². The van der Waals surface area contributed by atoms with Crippen LogP contribution in [0, 0.1) is 6.92 Å². The standard InChI is InChI=1S/C10H17N3S/c1-7-5-12-10(13-6-7)14-9(3)8(2)11-4/h5-6,8-9,11H,1-4H3. The Morgan fingerprint density at radius 3 is 2.36 bits per heavy atom. The van der Waals surface area contributed by atoms with Crippen LogP contribution in [0.3, 0.4) is 0 Å². The molecule has 0 fully saturated rings. The highest BCUT2D eigenvalue weighted by molar-refractivity contribution is 7.99. The Balaban J connectivity index is 2.56. The van der Waals surface area contributed by atoms with E-state index in [2.05, 4.69) is 29.1 Å². The summed E-state index contributed by atoms with van der Waals surface area (Å²) in [4.78, 5) is 8.52. The van der Waals surface area contributed by atoms with Crippen molar-refractivity contribution in [3.05, 3.63) is 18.0 Å². The largest absolute Gasteiger partial charge is 0.316 e. The minimum absolute atomic E-state index is 0.463. The van der Waals surface area contributed by atoms with Crippen LogP contribution >= 0.6 is 11.8 Å². The van der Waals surface area contributed by atoms with E-state index in [1.54, 1.807) is 11.8 Å². The monoisotopic (exact) mass is 211 g/mol. The second-order valence-electron chi connectivity index (χ2n) is 3.44. The lowest BCUT2D eigenvalue weighted by molar-refractivity contribution is 0.604. The van der Waals surface area contributed by atoms with Gasteiger partial charge in [-0.1, -0.05) is 18.7 Å². The third-order valence-corrected chi connectivity index (χ3v) is 3.41. The summed E-state index contributed by atoms with van der Waals surface area (Å²) in [6.07, 6.45) is 3.71. The molecule has 2 unspecified atom stereocenters. The third-order valence-electron chi connectivity index (χ3n) is 2.21. The smallest absolute Gasteiger partial charge is 0.187 e. The predicted octanol–water partition coefficient (Wildman–Crippen LogP) is 1.87. The fraction of sp³-hybridized carbons (Fsp3) is 0.600. The van der Waals surface area contributed by atoms with E-state index in [-0.39, 0.29) is 0 Å². The molecule has 0 aliphatic rings. The van der Waals surface area contributed by atoms with Gasteiger partial charge in [0.1, 0.15) is 0 Å². The van der Waals surface area contributed by atoms with Crippen LogP contribution in [0.5, 0.6) is 0 Å². The molecule has 0 aromatic carbocycles. The summed E-state index contributed by atoms with van der Waals surface area (Å²) in [5, 5.41) is 4.55. The van der Waals surface area contributed by atoms with Crippen molar-refractivity contribution in [2.24, 2.45) is 0 Å². The molecule has 1 rings (SSSR count). The van der Waals surface area contributed by atoms with Gasteiger partial charge < -0.3 is 5.32 Å². The van der Waals surface area contributed by atoms with E-state index in [1.165, 1.54) is 0 Å². The molecular formula is C10H17N3S. The lowest BCUT2D eigenvalue weighted by Gasteiger charge is -2.17. The van der Waals surface area contributed by atoms with E-state index < -0.39 is 0 Å². The molecule has 0 saturated carbocycles. The quantitative estimate of drug-likeness (QED) is 0.609. The summed E-state index contributed by atoms with van der Waals surface area (Å²) in [6, 6.07) is 0.463. The number of hydrogen-bond donors (Lipinski definition) is 1. The Morgan fingerprint density at radius 1 is 1.29 bits per heavy atom. The Kier molecular flexibility index (Phi) is 4.35. The van der Waals surface area contributed by atoms with E-state index in [1.807, 2.05) is 26.4 Å². The zero-order valence-corrected chi connectivity index (χ0v) is 9.93. The van der Waals surface area contributed by atoms with Crippen molar-refractivity contribution in [3.63, 3.8) is 0 Å². The van der Waals surface area contributed by atoms with Crippen molar-refractivity contribution in [3.8, 4) is 0 Å². The lowest BCUT2D eigenvalue weighted by Crippen LogP contribution is -2.30. The molecule has 3 nitrogen and oxygen atoms in total. The second kappa shape index (κ2) is 5.32. The summed E-state index contributed by atoms with van der Waals surface area (Å²) < 4.78 is 0. The number of nitrogens with zero attached hydrogens (tertiary/aromatic N) is 2. The highest BCUT2D eigenvalue weighted by Gasteiger charge is 2.12. The van der Waals surface area contributed by atoms with Gasteiger partial charge in [0.25, 0.3) is 0 Å². The topological polar surface area (TPSA) is 37.8 Å². The number of rotatable bonds is 4. The molecule has 1 aromatic rings. The van der Waals surface area contributed by atoms with E-state index in [0.29, 0.717) is 11.3 Å². The zero-order valence-electron chi connectivity index (χ0n) is 9.11. The van der Waals surface area contributed by atoms with Gasteiger partial charge in [0, 0.05) is 23.7 Å². The molecule has 2 atom stereocenters. The van der Waals surface area contributed by atoms with Crippen molar-refractivity contribution in [2.75, 3.05) is 7.05 Å².